The maximum absolute atomic E-state index is 14.1. The fourth-order valence-corrected chi connectivity index (χ4v) is 4.44. The van der Waals surface area contributed by atoms with Crippen molar-refractivity contribution in [2.24, 2.45) is 0 Å². The largest absolute Gasteiger partial charge is 0.366 e. The molecule has 3 aromatic rings. The molecule has 0 spiro atoms. The number of amides is 1. The lowest BCUT2D eigenvalue weighted by molar-refractivity contribution is -0.136. The van der Waals surface area contributed by atoms with E-state index in [1.165, 1.54) is 6.07 Å². The van der Waals surface area contributed by atoms with E-state index in [9.17, 15) is 9.18 Å². The molecule has 1 saturated heterocycles. The van der Waals surface area contributed by atoms with Crippen molar-refractivity contribution in [3.8, 4) is 0 Å². The predicted molar refractivity (Wildman–Crippen MR) is 111 cm³/mol. The summed E-state index contributed by atoms with van der Waals surface area (Å²) in [5, 5.41) is 1.10. The first kappa shape index (κ1) is 18.5. The van der Waals surface area contributed by atoms with Gasteiger partial charge in [-0.2, -0.15) is 0 Å². The van der Waals surface area contributed by atoms with Crippen LogP contribution < -0.4 is 4.90 Å². The molecule has 0 aliphatic carbocycles. The van der Waals surface area contributed by atoms with Gasteiger partial charge in [0.1, 0.15) is 5.82 Å². The Morgan fingerprint density at radius 1 is 1.00 bits per heavy atom. The number of nitrogens with zero attached hydrogens (tertiary/aromatic N) is 2. The van der Waals surface area contributed by atoms with Crippen molar-refractivity contribution >= 4 is 22.5 Å². The minimum atomic E-state index is -0.635. The fourth-order valence-electron chi connectivity index (χ4n) is 4.44. The fraction of sp³-hybridized carbons (Fsp3) is 0.348. The Hall–Kier alpha value is -2.82. The van der Waals surface area contributed by atoms with Gasteiger partial charge in [0.15, 0.2) is 0 Å². The smallest absolute Gasteiger partial charge is 0.232 e. The van der Waals surface area contributed by atoms with Crippen molar-refractivity contribution in [1.82, 2.24) is 9.88 Å². The molecule has 1 aromatic heterocycles. The average Bonchev–Trinajstić information content (AvgIpc) is 3.04. The Morgan fingerprint density at radius 3 is 2.36 bits per heavy atom. The summed E-state index contributed by atoms with van der Waals surface area (Å²) in [7, 11) is 0. The molecule has 4 nitrogen and oxygen atoms in total. The van der Waals surface area contributed by atoms with Crippen LogP contribution in [-0.2, 0) is 10.2 Å². The highest BCUT2D eigenvalue weighted by atomic mass is 19.1. The summed E-state index contributed by atoms with van der Waals surface area (Å²) in [4.78, 5) is 20.8. The quantitative estimate of drug-likeness (QED) is 0.739. The summed E-state index contributed by atoms with van der Waals surface area (Å²) in [6.07, 6.45) is 0. The minimum absolute atomic E-state index is 0.119. The normalized spacial score (nSPS) is 15.3. The molecule has 146 valence electrons. The third kappa shape index (κ3) is 3.05. The number of halogens is 1. The zero-order valence-corrected chi connectivity index (χ0v) is 16.6. The summed E-state index contributed by atoms with van der Waals surface area (Å²) < 4.78 is 14.1. The molecule has 0 saturated carbocycles. The number of benzene rings is 2. The van der Waals surface area contributed by atoms with Gasteiger partial charge in [-0.3, -0.25) is 4.79 Å². The summed E-state index contributed by atoms with van der Waals surface area (Å²) in [6.45, 7) is 8.49. The van der Waals surface area contributed by atoms with E-state index in [1.54, 1.807) is 12.1 Å². The number of fused-ring (bicyclic) bond motifs is 1. The number of carbonyl (C=O) groups excluding carboxylic acids is 1. The number of hydrogen-bond acceptors (Lipinski definition) is 2. The standard InChI is InChI=1S/C23H26FN3O/c1-16-21(17-8-4-6-10-19(17)25-16)23(2,3)22(28)27-14-12-26(13-15-27)20-11-7-5-9-18(20)24/h4-11,25H,12-15H2,1-3H3. The highest BCUT2D eigenvalue weighted by Gasteiger charge is 2.38. The zero-order valence-electron chi connectivity index (χ0n) is 16.6. The van der Waals surface area contributed by atoms with Crippen LogP contribution in [0.4, 0.5) is 10.1 Å². The predicted octanol–water partition coefficient (Wildman–Crippen LogP) is 4.24. The molecule has 0 radical (unpaired) electrons. The van der Waals surface area contributed by atoms with Crippen molar-refractivity contribution in [1.29, 1.82) is 0 Å². The van der Waals surface area contributed by atoms with Crippen LogP contribution >= 0.6 is 0 Å². The second kappa shape index (κ2) is 6.97. The number of aromatic amines is 1. The SMILES string of the molecule is Cc1[nH]c2ccccc2c1C(C)(C)C(=O)N1CCN(c2ccccc2F)CC1. The van der Waals surface area contributed by atoms with Gasteiger partial charge in [0, 0.05) is 42.8 Å². The minimum Gasteiger partial charge on any atom is -0.366 e. The third-order valence-corrected chi connectivity index (χ3v) is 5.81. The number of H-pyrrole nitrogens is 1. The van der Waals surface area contributed by atoms with E-state index in [1.807, 2.05) is 54.8 Å². The molecule has 1 aliphatic rings. The van der Waals surface area contributed by atoms with Gasteiger partial charge in [-0.25, -0.2) is 4.39 Å². The van der Waals surface area contributed by atoms with E-state index in [0.29, 0.717) is 31.9 Å². The molecule has 0 bridgehead atoms. The summed E-state index contributed by atoms with van der Waals surface area (Å²) in [6, 6.07) is 14.9. The molecule has 0 atom stereocenters. The average molecular weight is 379 g/mol. The number of nitrogens with one attached hydrogen (secondary N) is 1. The van der Waals surface area contributed by atoms with Gasteiger partial charge >= 0.3 is 0 Å². The zero-order chi connectivity index (χ0) is 19.9. The first-order chi connectivity index (χ1) is 13.4. The molecule has 28 heavy (non-hydrogen) atoms. The lowest BCUT2D eigenvalue weighted by Crippen LogP contribution is -2.53. The molecule has 0 unspecified atom stereocenters. The van der Waals surface area contributed by atoms with Crippen molar-refractivity contribution in [2.75, 3.05) is 31.1 Å². The second-order valence-electron chi connectivity index (χ2n) is 8.03. The van der Waals surface area contributed by atoms with E-state index < -0.39 is 5.41 Å². The third-order valence-electron chi connectivity index (χ3n) is 5.81. The van der Waals surface area contributed by atoms with Crippen LogP contribution in [-0.4, -0.2) is 42.0 Å². The van der Waals surface area contributed by atoms with E-state index in [-0.39, 0.29) is 11.7 Å². The van der Waals surface area contributed by atoms with Crippen molar-refractivity contribution in [2.45, 2.75) is 26.2 Å². The Bertz CT molecular complexity index is 1020. The van der Waals surface area contributed by atoms with Crippen molar-refractivity contribution < 1.29 is 9.18 Å². The van der Waals surface area contributed by atoms with Crippen LogP contribution in [0.15, 0.2) is 48.5 Å². The topological polar surface area (TPSA) is 39.3 Å². The molecule has 1 fully saturated rings. The molecular weight excluding hydrogens is 353 g/mol. The molecular formula is C23H26FN3O. The van der Waals surface area contributed by atoms with Crippen LogP contribution in [0.5, 0.6) is 0 Å². The summed E-state index contributed by atoms with van der Waals surface area (Å²) >= 11 is 0. The Labute approximate surface area is 165 Å². The van der Waals surface area contributed by atoms with Gasteiger partial charge in [0.05, 0.1) is 11.1 Å². The van der Waals surface area contributed by atoms with Crippen LogP contribution in [0.1, 0.15) is 25.1 Å². The number of aryl methyl sites for hydroxylation is 1. The summed E-state index contributed by atoms with van der Waals surface area (Å²) in [5.74, 6) is -0.0921. The Balaban J connectivity index is 1.55. The number of piperazine rings is 1. The van der Waals surface area contributed by atoms with Gasteiger partial charge in [0.2, 0.25) is 5.91 Å². The molecule has 1 aliphatic heterocycles. The number of para-hydroxylation sites is 2. The van der Waals surface area contributed by atoms with E-state index >= 15 is 0 Å². The van der Waals surface area contributed by atoms with E-state index in [0.717, 1.165) is 22.2 Å². The highest BCUT2D eigenvalue weighted by Crippen LogP contribution is 2.35. The maximum Gasteiger partial charge on any atom is 0.232 e. The lowest BCUT2D eigenvalue weighted by atomic mass is 9.81. The first-order valence-corrected chi connectivity index (χ1v) is 9.76. The van der Waals surface area contributed by atoms with Crippen molar-refractivity contribution in [3.63, 3.8) is 0 Å². The van der Waals surface area contributed by atoms with Crippen LogP contribution in [0.3, 0.4) is 0 Å². The Morgan fingerprint density at radius 2 is 1.64 bits per heavy atom. The van der Waals surface area contributed by atoms with Gasteiger partial charge in [-0.1, -0.05) is 30.3 Å². The number of aromatic nitrogens is 1. The second-order valence-corrected chi connectivity index (χ2v) is 8.03. The number of rotatable bonds is 3. The van der Waals surface area contributed by atoms with E-state index in [2.05, 4.69) is 11.1 Å². The molecule has 5 heteroatoms. The number of carbonyl (C=O) groups is 1. The molecule has 2 aromatic carbocycles. The monoisotopic (exact) mass is 379 g/mol. The van der Waals surface area contributed by atoms with Crippen LogP contribution in [0, 0.1) is 12.7 Å². The molecule has 1 N–H and O–H groups in total. The number of anilines is 1. The van der Waals surface area contributed by atoms with Crippen molar-refractivity contribution in [3.05, 3.63) is 65.6 Å². The van der Waals surface area contributed by atoms with Gasteiger partial charge in [-0.15, -0.1) is 0 Å². The highest BCUT2D eigenvalue weighted by molar-refractivity contribution is 5.95. The van der Waals surface area contributed by atoms with E-state index in [4.69, 9.17) is 0 Å². The molecule has 4 rings (SSSR count). The summed E-state index contributed by atoms with van der Waals surface area (Å²) in [5.41, 5.74) is 3.12. The number of hydrogen-bond donors (Lipinski definition) is 1. The van der Waals surface area contributed by atoms with Gasteiger partial charge < -0.3 is 14.8 Å². The Kier molecular flexibility index (Phi) is 4.61. The maximum atomic E-state index is 14.1. The van der Waals surface area contributed by atoms with Crippen LogP contribution in [0.2, 0.25) is 0 Å². The molecule has 2 heterocycles. The van der Waals surface area contributed by atoms with Gasteiger partial charge in [-0.05, 0) is 44.5 Å². The van der Waals surface area contributed by atoms with Gasteiger partial charge in [0.25, 0.3) is 0 Å². The lowest BCUT2D eigenvalue weighted by Gasteiger charge is -2.39. The molecule has 1 amide bonds. The first-order valence-electron chi connectivity index (χ1n) is 9.76. The van der Waals surface area contributed by atoms with Crippen LogP contribution in [0.25, 0.3) is 10.9 Å².